The zero-order valence-corrected chi connectivity index (χ0v) is 12.0. The number of hydrogen-bond donors (Lipinski definition) is 2. The first kappa shape index (κ1) is 15.0. The van der Waals surface area contributed by atoms with Crippen LogP contribution in [0.15, 0.2) is 48.5 Å². The van der Waals surface area contributed by atoms with Crippen molar-refractivity contribution < 1.29 is 10.0 Å². The third-order valence-electron chi connectivity index (χ3n) is 3.64. The van der Waals surface area contributed by atoms with Crippen molar-refractivity contribution in [3.63, 3.8) is 0 Å². The van der Waals surface area contributed by atoms with Gasteiger partial charge >= 0.3 is 0 Å². The van der Waals surface area contributed by atoms with Crippen LogP contribution in [-0.4, -0.2) is 16.6 Å². The van der Waals surface area contributed by atoms with E-state index in [0.29, 0.717) is 11.3 Å². The predicted octanol–water partition coefficient (Wildman–Crippen LogP) is 3.22. The number of rotatable bonds is 5. The van der Waals surface area contributed by atoms with E-state index < -0.39 is 10.5 Å². The molecule has 2 rings (SSSR count). The molecule has 1 atom stereocenters. The summed E-state index contributed by atoms with van der Waals surface area (Å²) in [5.74, 6) is 0. The third-order valence-corrected chi connectivity index (χ3v) is 3.64. The molecule has 0 fully saturated rings. The molecule has 2 aromatic rings. The van der Waals surface area contributed by atoms with E-state index in [-0.39, 0.29) is 12.3 Å². The van der Waals surface area contributed by atoms with Gasteiger partial charge in [-0.1, -0.05) is 36.4 Å². The molecule has 0 saturated heterocycles. The van der Waals surface area contributed by atoms with Gasteiger partial charge in [0.15, 0.2) is 0 Å². The number of nitrogens with zero attached hydrogens (tertiary/aromatic N) is 1. The van der Waals surface area contributed by atoms with Gasteiger partial charge in [-0.15, -0.1) is 0 Å². The van der Waals surface area contributed by atoms with Gasteiger partial charge in [0.1, 0.15) is 0 Å². The molecule has 0 bridgehead atoms. The highest BCUT2D eigenvalue weighted by Crippen LogP contribution is 2.31. The second-order valence-electron chi connectivity index (χ2n) is 5.19. The summed E-state index contributed by atoms with van der Waals surface area (Å²) in [7, 11) is 0. The highest BCUT2D eigenvalue weighted by molar-refractivity contribution is 5.61. The smallest absolute Gasteiger partial charge is 0.274 e. The van der Waals surface area contributed by atoms with Gasteiger partial charge in [0.25, 0.3) is 5.69 Å². The molecule has 0 aliphatic rings. The van der Waals surface area contributed by atoms with E-state index in [1.54, 1.807) is 19.1 Å². The van der Waals surface area contributed by atoms with Crippen molar-refractivity contribution in [1.82, 2.24) is 0 Å². The Labute approximate surface area is 123 Å². The quantitative estimate of drug-likeness (QED) is 0.653. The van der Waals surface area contributed by atoms with Crippen LogP contribution in [0.4, 0.5) is 11.4 Å². The molecule has 110 valence electrons. The maximum Gasteiger partial charge on any atom is 0.274 e. The molecule has 5 nitrogen and oxygen atoms in total. The Bertz CT molecular complexity index is 643. The molecule has 0 aromatic heterocycles. The van der Waals surface area contributed by atoms with E-state index in [0.717, 1.165) is 5.56 Å². The molecule has 21 heavy (non-hydrogen) atoms. The van der Waals surface area contributed by atoms with E-state index in [4.69, 9.17) is 0 Å². The average molecular weight is 286 g/mol. The first-order valence-corrected chi connectivity index (χ1v) is 6.66. The molecule has 0 heterocycles. The summed E-state index contributed by atoms with van der Waals surface area (Å²) in [6, 6.07) is 14.4. The third kappa shape index (κ3) is 3.03. The van der Waals surface area contributed by atoms with Gasteiger partial charge < -0.3 is 10.4 Å². The Morgan fingerprint density at radius 2 is 1.86 bits per heavy atom. The van der Waals surface area contributed by atoms with Crippen molar-refractivity contribution >= 4 is 11.4 Å². The lowest BCUT2D eigenvalue weighted by atomic mass is 9.92. The summed E-state index contributed by atoms with van der Waals surface area (Å²) in [5.41, 5.74) is 1.47. The Hall–Kier alpha value is -2.40. The van der Waals surface area contributed by atoms with Crippen molar-refractivity contribution in [3.8, 4) is 0 Å². The topological polar surface area (TPSA) is 75.4 Å². The molecule has 0 aliphatic heterocycles. The minimum Gasteiger partial charge on any atom is -0.394 e. The van der Waals surface area contributed by atoms with Crippen molar-refractivity contribution in [2.24, 2.45) is 0 Å². The highest BCUT2D eigenvalue weighted by atomic mass is 16.6. The van der Waals surface area contributed by atoms with Gasteiger partial charge in [0.2, 0.25) is 0 Å². The second kappa shape index (κ2) is 5.93. The fourth-order valence-electron chi connectivity index (χ4n) is 2.26. The lowest BCUT2D eigenvalue weighted by Gasteiger charge is -2.31. The summed E-state index contributed by atoms with van der Waals surface area (Å²) >= 11 is 0. The minimum absolute atomic E-state index is 0.0633. The van der Waals surface area contributed by atoms with Crippen LogP contribution in [0, 0.1) is 17.0 Å². The Morgan fingerprint density at radius 3 is 2.43 bits per heavy atom. The lowest BCUT2D eigenvalue weighted by Crippen LogP contribution is -2.36. The first-order valence-electron chi connectivity index (χ1n) is 6.66. The molecule has 0 aliphatic carbocycles. The predicted molar refractivity (Wildman–Crippen MR) is 82.3 cm³/mol. The van der Waals surface area contributed by atoms with Crippen LogP contribution in [0.3, 0.4) is 0 Å². The first-order chi connectivity index (χ1) is 9.98. The van der Waals surface area contributed by atoms with Crippen LogP contribution in [0.2, 0.25) is 0 Å². The van der Waals surface area contributed by atoms with Crippen LogP contribution in [0.25, 0.3) is 0 Å². The summed E-state index contributed by atoms with van der Waals surface area (Å²) in [5, 5.41) is 24.0. The van der Waals surface area contributed by atoms with Crippen molar-refractivity contribution in [3.05, 3.63) is 69.8 Å². The Balaban J connectivity index is 2.40. The van der Waals surface area contributed by atoms with Gasteiger partial charge in [-0.3, -0.25) is 10.1 Å². The number of aliphatic hydroxyl groups is 1. The maximum absolute atomic E-state index is 11.0. The number of nitro benzene ring substituents is 1. The SMILES string of the molecule is Cc1c(NC(C)(CO)c2ccccc2)cccc1[N+](=O)[O-]. The Morgan fingerprint density at radius 1 is 1.19 bits per heavy atom. The molecular weight excluding hydrogens is 268 g/mol. The molecule has 0 radical (unpaired) electrons. The number of anilines is 1. The van der Waals surface area contributed by atoms with Crippen molar-refractivity contribution in [1.29, 1.82) is 0 Å². The molecular formula is C16H18N2O3. The monoisotopic (exact) mass is 286 g/mol. The average Bonchev–Trinajstić information content (AvgIpc) is 2.50. The lowest BCUT2D eigenvalue weighted by molar-refractivity contribution is -0.385. The van der Waals surface area contributed by atoms with Gasteiger partial charge in [-0.25, -0.2) is 0 Å². The number of nitro groups is 1. The molecule has 0 spiro atoms. The van der Waals surface area contributed by atoms with Gasteiger partial charge in [0.05, 0.1) is 17.1 Å². The van der Waals surface area contributed by atoms with Gasteiger partial charge in [-0.2, -0.15) is 0 Å². The summed E-state index contributed by atoms with van der Waals surface area (Å²) < 4.78 is 0. The summed E-state index contributed by atoms with van der Waals surface area (Å²) in [4.78, 5) is 10.6. The molecule has 1 unspecified atom stereocenters. The van der Waals surface area contributed by atoms with Crippen LogP contribution < -0.4 is 5.32 Å². The van der Waals surface area contributed by atoms with Crippen LogP contribution in [-0.2, 0) is 5.54 Å². The van der Waals surface area contributed by atoms with E-state index in [9.17, 15) is 15.2 Å². The van der Waals surface area contributed by atoms with Crippen LogP contribution in [0.5, 0.6) is 0 Å². The molecule has 2 N–H and O–H groups in total. The van der Waals surface area contributed by atoms with Crippen molar-refractivity contribution in [2.45, 2.75) is 19.4 Å². The standard InChI is InChI=1S/C16H18N2O3/c1-12-14(9-6-10-15(12)18(20)21)17-16(2,11-19)13-7-4-3-5-8-13/h3-10,17,19H,11H2,1-2H3. The molecule has 0 amide bonds. The van der Waals surface area contributed by atoms with Crippen LogP contribution in [0.1, 0.15) is 18.1 Å². The fraction of sp³-hybridized carbons (Fsp3) is 0.250. The minimum atomic E-state index is -0.707. The number of nitrogens with one attached hydrogen (secondary N) is 1. The van der Waals surface area contributed by atoms with Crippen molar-refractivity contribution in [2.75, 3.05) is 11.9 Å². The second-order valence-corrected chi connectivity index (χ2v) is 5.19. The van der Waals surface area contributed by atoms with E-state index in [1.165, 1.54) is 6.07 Å². The number of hydrogen-bond acceptors (Lipinski definition) is 4. The van der Waals surface area contributed by atoms with Crippen LogP contribution >= 0.6 is 0 Å². The van der Waals surface area contributed by atoms with Gasteiger partial charge in [0, 0.05) is 17.3 Å². The zero-order chi connectivity index (χ0) is 15.5. The largest absolute Gasteiger partial charge is 0.394 e. The molecule has 0 saturated carbocycles. The number of benzene rings is 2. The summed E-state index contributed by atoms with van der Waals surface area (Å²) in [6.07, 6.45) is 0. The highest BCUT2D eigenvalue weighted by Gasteiger charge is 2.27. The summed E-state index contributed by atoms with van der Waals surface area (Å²) in [6.45, 7) is 3.43. The van der Waals surface area contributed by atoms with E-state index >= 15 is 0 Å². The van der Waals surface area contributed by atoms with E-state index in [1.807, 2.05) is 37.3 Å². The van der Waals surface area contributed by atoms with Gasteiger partial charge in [-0.05, 0) is 25.5 Å². The fourth-order valence-corrected chi connectivity index (χ4v) is 2.26. The number of aliphatic hydroxyl groups excluding tert-OH is 1. The normalized spacial score (nSPS) is 13.5. The Kier molecular flexibility index (Phi) is 4.23. The van der Waals surface area contributed by atoms with E-state index in [2.05, 4.69) is 5.32 Å². The molecule has 5 heteroatoms. The maximum atomic E-state index is 11.0. The molecule has 2 aromatic carbocycles. The zero-order valence-electron chi connectivity index (χ0n) is 12.0.